The number of halogens is 1. The van der Waals surface area contributed by atoms with Crippen LogP contribution in [0, 0.1) is 51.1 Å². The molecule has 0 unspecified atom stereocenters. The van der Waals surface area contributed by atoms with Crippen molar-refractivity contribution < 1.29 is 13.9 Å². The Labute approximate surface area is 167 Å². The molecule has 0 spiro atoms. The van der Waals surface area contributed by atoms with Crippen molar-refractivity contribution in [2.75, 3.05) is 19.7 Å². The Balaban J connectivity index is 2.25. The normalized spacial score (nSPS) is 22.4. The van der Waals surface area contributed by atoms with E-state index in [0.717, 1.165) is 0 Å². The molecule has 0 bridgehead atoms. The Hall–Kier alpha value is -3.83. The Morgan fingerprint density at radius 3 is 2.62 bits per heavy atom. The summed E-state index contributed by atoms with van der Waals surface area (Å²) < 4.78 is 19.7. The van der Waals surface area contributed by atoms with Gasteiger partial charge < -0.3 is 15.4 Å². The van der Waals surface area contributed by atoms with E-state index in [4.69, 9.17) is 10.5 Å². The van der Waals surface area contributed by atoms with Gasteiger partial charge in [-0.05, 0) is 24.1 Å². The van der Waals surface area contributed by atoms with E-state index in [1.54, 1.807) is 19.1 Å². The Morgan fingerprint density at radius 2 is 2.03 bits per heavy atom. The van der Waals surface area contributed by atoms with Gasteiger partial charge in [0, 0.05) is 24.9 Å². The van der Waals surface area contributed by atoms with Gasteiger partial charge in [-0.25, -0.2) is 9.18 Å². The lowest BCUT2D eigenvalue weighted by atomic mass is 9.60. The lowest BCUT2D eigenvalue weighted by Gasteiger charge is -2.44. The molecule has 8 heteroatoms. The van der Waals surface area contributed by atoms with Gasteiger partial charge in [-0.1, -0.05) is 24.3 Å². The standard InChI is InChI=1S/C21H18FN5O2/c1-2-29-20(28)27-8-7-16-15(10-27)18(13-5-3-4-6-17(13)22)14(9-23)19(26)21(16,11-24)12-25/h3-7,15,18H,2,8,10,26H2,1H3/t15-,18+/m1/s1. The second-order valence-corrected chi connectivity index (χ2v) is 6.78. The number of carbonyl (C=O) groups excluding carboxylic acids is 1. The van der Waals surface area contributed by atoms with Gasteiger partial charge >= 0.3 is 6.09 Å². The number of amides is 1. The van der Waals surface area contributed by atoms with Crippen molar-refractivity contribution in [3.05, 3.63) is 58.6 Å². The summed E-state index contributed by atoms with van der Waals surface area (Å²) in [5, 5.41) is 29.4. The number of hydrogen-bond donors (Lipinski definition) is 1. The highest BCUT2D eigenvalue weighted by molar-refractivity contribution is 5.69. The highest BCUT2D eigenvalue weighted by atomic mass is 19.1. The van der Waals surface area contributed by atoms with Crippen LogP contribution >= 0.6 is 0 Å². The second-order valence-electron chi connectivity index (χ2n) is 6.78. The Morgan fingerprint density at radius 1 is 1.34 bits per heavy atom. The van der Waals surface area contributed by atoms with Crippen LogP contribution in [-0.2, 0) is 4.74 Å². The van der Waals surface area contributed by atoms with Crippen LogP contribution in [0.2, 0.25) is 0 Å². The molecule has 1 aromatic rings. The van der Waals surface area contributed by atoms with Crippen molar-refractivity contribution in [3.63, 3.8) is 0 Å². The molecule has 0 aromatic heterocycles. The number of allylic oxidation sites excluding steroid dienone is 2. The highest BCUT2D eigenvalue weighted by Gasteiger charge is 2.53. The molecular formula is C21H18FN5O2. The van der Waals surface area contributed by atoms with E-state index in [-0.39, 0.29) is 36.5 Å². The van der Waals surface area contributed by atoms with Crippen LogP contribution in [0.25, 0.3) is 0 Å². The van der Waals surface area contributed by atoms with E-state index in [1.165, 1.54) is 23.1 Å². The van der Waals surface area contributed by atoms with Gasteiger partial charge in [0.15, 0.2) is 0 Å². The van der Waals surface area contributed by atoms with Crippen LogP contribution < -0.4 is 5.73 Å². The maximum absolute atomic E-state index is 14.7. The molecule has 0 saturated heterocycles. The summed E-state index contributed by atoms with van der Waals surface area (Å²) in [7, 11) is 0. The number of fused-ring (bicyclic) bond motifs is 1. The first-order valence-electron chi connectivity index (χ1n) is 9.04. The van der Waals surface area contributed by atoms with Crippen molar-refractivity contribution in [1.29, 1.82) is 15.8 Å². The predicted octanol–water partition coefficient (Wildman–Crippen LogP) is 2.71. The number of hydrogen-bond acceptors (Lipinski definition) is 6. The zero-order valence-electron chi connectivity index (χ0n) is 15.7. The average molecular weight is 391 g/mol. The number of carbonyl (C=O) groups is 1. The lowest BCUT2D eigenvalue weighted by molar-refractivity contribution is 0.101. The van der Waals surface area contributed by atoms with Gasteiger partial charge in [0.1, 0.15) is 5.82 Å². The van der Waals surface area contributed by atoms with E-state index in [1.807, 2.05) is 18.2 Å². The summed E-state index contributed by atoms with van der Waals surface area (Å²) in [5.41, 5.74) is 4.70. The van der Waals surface area contributed by atoms with Crippen LogP contribution in [0.1, 0.15) is 18.4 Å². The summed E-state index contributed by atoms with van der Waals surface area (Å²) in [4.78, 5) is 13.7. The largest absolute Gasteiger partial charge is 0.450 e. The van der Waals surface area contributed by atoms with Crippen molar-refractivity contribution >= 4 is 6.09 Å². The monoisotopic (exact) mass is 391 g/mol. The summed E-state index contributed by atoms with van der Waals surface area (Å²) in [6, 6.07) is 11.8. The zero-order chi connectivity index (χ0) is 21.2. The van der Waals surface area contributed by atoms with Crippen LogP contribution in [0.5, 0.6) is 0 Å². The molecule has 2 atom stereocenters. The fourth-order valence-corrected chi connectivity index (χ4v) is 4.08. The predicted molar refractivity (Wildman–Crippen MR) is 99.8 cm³/mol. The smallest absolute Gasteiger partial charge is 0.410 e. The molecule has 146 valence electrons. The summed E-state index contributed by atoms with van der Waals surface area (Å²) >= 11 is 0. The summed E-state index contributed by atoms with van der Waals surface area (Å²) in [5.74, 6) is -2.04. The first-order valence-corrected chi connectivity index (χ1v) is 9.04. The molecule has 1 aliphatic heterocycles. The second kappa shape index (κ2) is 7.66. The Kier molecular flexibility index (Phi) is 5.26. The fraction of sp³-hybridized carbons (Fsp3) is 0.333. The van der Waals surface area contributed by atoms with Gasteiger partial charge in [0.25, 0.3) is 0 Å². The molecule has 2 N–H and O–H groups in total. The summed E-state index contributed by atoms with van der Waals surface area (Å²) in [6.07, 6.45) is 1.03. The van der Waals surface area contributed by atoms with E-state index in [9.17, 15) is 25.0 Å². The number of benzene rings is 1. The summed E-state index contributed by atoms with van der Waals surface area (Å²) in [6.45, 7) is 2.05. The quantitative estimate of drug-likeness (QED) is 0.772. The van der Waals surface area contributed by atoms with E-state index in [0.29, 0.717) is 5.57 Å². The third kappa shape index (κ3) is 2.98. The number of nitrogens with two attached hydrogens (primary N) is 1. The lowest BCUT2D eigenvalue weighted by Crippen LogP contribution is -2.49. The molecule has 29 heavy (non-hydrogen) atoms. The third-order valence-corrected chi connectivity index (χ3v) is 5.41. The fourth-order valence-electron chi connectivity index (χ4n) is 4.08. The van der Waals surface area contributed by atoms with Crippen molar-refractivity contribution in [2.24, 2.45) is 17.1 Å². The van der Waals surface area contributed by atoms with Gasteiger partial charge in [0.2, 0.25) is 5.41 Å². The van der Waals surface area contributed by atoms with Gasteiger partial charge in [-0.3, -0.25) is 0 Å². The van der Waals surface area contributed by atoms with Gasteiger partial charge in [0.05, 0.1) is 36.1 Å². The number of nitrogens with zero attached hydrogens (tertiary/aromatic N) is 4. The first-order chi connectivity index (χ1) is 13.9. The van der Waals surface area contributed by atoms with Crippen molar-refractivity contribution in [3.8, 4) is 18.2 Å². The van der Waals surface area contributed by atoms with Crippen LogP contribution in [0.15, 0.2) is 47.2 Å². The topological polar surface area (TPSA) is 127 Å². The van der Waals surface area contributed by atoms with E-state index >= 15 is 0 Å². The first kappa shape index (κ1) is 19.9. The third-order valence-electron chi connectivity index (χ3n) is 5.41. The molecule has 1 heterocycles. The van der Waals surface area contributed by atoms with Gasteiger partial charge in [-0.15, -0.1) is 0 Å². The van der Waals surface area contributed by atoms with E-state index in [2.05, 4.69) is 0 Å². The Bertz CT molecular complexity index is 1030. The maximum Gasteiger partial charge on any atom is 0.410 e. The molecule has 3 rings (SSSR count). The maximum atomic E-state index is 14.7. The molecule has 0 radical (unpaired) electrons. The number of rotatable bonds is 2. The molecule has 0 fully saturated rings. The van der Waals surface area contributed by atoms with Crippen LogP contribution in [0.3, 0.4) is 0 Å². The molecule has 1 aliphatic carbocycles. The molecular weight excluding hydrogens is 373 g/mol. The molecule has 7 nitrogen and oxygen atoms in total. The molecule has 0 saturated carbocycles. The minimum Gasteiger partial charge on any atom is -0.450 e. The van der Waals surface area contributed by atoms with Crippen LogP contribution in [0.4, 0.5) is 9.18 Å². The van der Waals surface area contributed by atoms with E-state index < -0.39 is 29.2 Å². The number of ether oxygens (including phenoxy) is 1. The minimum atomic E-state index is -1.84. The minimum absolute atomic E-state index is 0.0361. The van der Waals surface area contributed by atoms with Crippen LogP contribution in [-0.4, -0.2) is 30.7 Å². The van der Waals surface area contributed by atoms with Crippen molar-refractivity contribution in [1.82, 2.24) is 4.90 Å². The SMILES string of the molecule is CCOC(=O)N1CC=C2[C@@H](C1)[C@@H](c1ccccc1F)C(C#N)=C(N)C2(C#N)C#N. The molecule has 1 amide bonds. The molecule has 1 aromatic carbocycles. The molecule has 2 aliphatic rings. The van der Waals surface area contributed by atoms with Crippen molar-refractivity contribution in [2.45, 2.75) is 12.8 Å². The number of nitriles is 3. The van der Waals surface area contributed by atoms with Gasteiger partial charge in [-0.2, -0.15) is 15.8 Å². The highest BCUT2D eigenvalue weighted by Crippen LogP contribution is 2.53. The zero-order valence-corrected chi connectivity index (χ0v) is 15.7. The average Bonchev–Trinajstić information content (AvgIpc) is 2.74.